The second-order valence-corrected chi connectivity index (χ2v) is 9.11. The van der Waals surface area contributed by atoms with E-state index in [-0.39, 0.29) is 11.5 Å². The number of rotatable bonds is 5. The number of hydrogen-bond donors (Lipinski definition) is 1. The summed E-state index contributed by atoms with van der Waals surface area (Å²) in [5.74, 6) is -1.87. The fourth-order valence-electron chi connectivity index (χ4n) is 3.71. The molecule has 9 heteroatoms. The fourth-order valence-corrected chi connectivity index (χ4v) is 5.93. The molecule has 0 bridgehead atoms. The summed E-state index contributed by atoms with van der Waals surface area (Å²) in [6, 6.07) is 9.63. The minimum Gasteiger partial charge on any atom is -0.469 e. The van der Waals surface area contributed by atoms with Crippen LogP contribution >= 0.6 is 22.7 Å². The van der Waals surface area contributed by atoms with Gasteiger partial charge in [0.25, 0.3) is 5.91 Å². The first kappa shape index (κ1) is 21.2. The molecule has 1 amide bonds. The molecule has 1 aliphatic rings. The summed E-state index contributed by atoms with van der Waals surface area (Å²) in [5.41, 5.74) is 2.37. The van der Waals surface area contributed by atoms with Crippen LogP contribution in [0, 0.1) is 6.92 Å². The van der Waals surface area contributed by atoms with E-state index in [9.17, 15) is 14.4 Å². The minimum atomic E-state index is -0.588. The number of nitrogens with one attached hydrogen (secondary N) is 1. The molecule has 0 saturated heterocycles. The zero-order valence-corrected chi connectivity index (χ0v) is 18.8. The lowest BCUT2D eigenvalue weighted by Crippen LogP contribution is -2.17. The number of aromatic nitrogens is 1. The molecular formula is C22H20N2O5S2. The number of aryl methyl sites for hydroxylation is 2. The highest BCUT2D eigenvalue weighted by Crippen LogP contribution is 2.46. The summed E-state index contributed by atoms with van der Waals surface area (Å²) < 4.78 is 9.85. The Morgan fingerprint density at radius 3 is 2.52 bits per heavy atom. The normalized spacial score (nSPS) is 14.7. The zero-order valence-electron chi connectivity index (χ0n) is 17.2. The van der Waals surface area contributed by atoms with Crippen LogP contribution in [0.2, 0.25) is 0 Å². The highest BCUT2D eigenvalue weighted by molar-refractivity contribution is 7.18. The van der Waals surface area contributed by atoms with Crippen LogP contribution < -0.4 is 5.32 Å². The monoisotopic (exact) mass is 456 g/mol. The number of fused-ring (bicyclic) bond motifs is 1. The van der Waals surface area contributed by atoms with Gasteiger partial charge in [-0.2, -0.15) is 0 Å². The lowest BCUT2D eigenvalue weighted by Gasteiger charge is -2.11. The van der Waals surface area contributed by atoms with E-state index >= 15 is 0 Å². The van der Waals surface area contributed by atoms with Crippen molar-refractivity contribution in [1.29, 1.82) is 0 Å². The second-order valence-electron chi connectivity index (χ2n) is 7.00. The van der Waals surface area contributed by atoms with Crippen LogP contribution in [-0.4, -0.2) is 37.0 Å². The maximum atomic E-state index is 13.1. The number of hydrogen-bond acceptors (Lipinski definition) is 8. The number of esters is 2. The second kappa shape index (κ2) is 8.60. The molecule has 3 aromatic rings. The average molecular weight is 457 g/mol. The third kappa shape index (κ3) is 3.86. The molecule has 2 heterocycles. The Labute approximate surface area is 187 Å². The summed E-state index contributed by atoms with van der Waals surface area (Å²) in [6.07, 6.45) is 1.21. The summed E-state index contributed by atoms with van der Waals surface area (Å²) in [6.45, 7) is 1.78. The average Bonchev–Trinajstić information content (AvgIpc) is 3.46. The molecule has 4 rings (SSSR count). The summed E-state index contributed by atoms with van der Waals surface area (Å²) in [4.78, 5) is 43.7. The molecule has 1 atom stereocenters. The Morgan fingerprint density at radius 1 is 1.10 bits per heavy atom. The first-order valence-electron chi connectivity index (χ1n) is 9.60. The fraction of sp³-hybridized carbons (Fsp3) is 0.273. The van der Waals surface area contributed by atoms with Crippen molar-refractivity contribution in [3.8, 4) is 10.6 Å². The van der Waals surface area contributed by atoms with Gasteiger partial charge in [-0.05, 0) is 25.3 Å². The van der Waals surface area contributed by atoms with Crippen molar-refractivity contribution in [2.75, 3.05) is 19.5 Å². The maximum Gasteiger partial charge on any atom is 0.341 e. The number of carbonyl (C=O) groups excluding carboxylic acids is 3. The molecule has 0 fully saturated rings. The summed E-state index contributed by atoms with van der Waals surface area (Å²) in [5, 5.41) is 3.98. The quantitative estimate of drug-likeness (QED) is 0.571. The first-order chi connectivity index (χ1) is 14.9. The Hall–Kier alpha value is -3.04. The third-order valence-electron chi connectivity index (χ3n) is 5.16. The van der Waals surface area contributed by atoms with Gasteiger partial charge in [0, 0.05) is 10.4 Å². The van der Waals surface area contributed by atoms with Crippen molar-refractivity contribution in [2.24, 2.45) is 0 Å². The van der Waals surface area contributed by atoms with Crippen LogP contribution in [0.5, 0.6) is 0 Å². The first-order valence-corrected chi connectivity index (χ1v) is 11.2. The summed E-state index contributed by atoms with van der Waals surface area (Å²) in [7, 11) is 2.60. The van der Waals surface area contributed by atoms with Gasteiger partial charge in [-0.3, -0.25) is 9.59 Å². The van der Waals surface area contributed by atoms with E-state index in [0.717, 1.165) is 15.4 Å². The zero-order chi connectivity index (χ0) is 22.1. The van der Waals surface area contributed by atoms with Gasteiger partial charge in [0.15, 0.2) is 0 Å². The van der Waals surface area contributed by atoms with E-state index in [0.29, 0.717) is 34.0 Å². The van der Waals surface area contributed by atoms with Gasteiger partial charge in [0.05, 0.1) is 31.4 Å². The van der Waals surface area contributed by atoms with Crippen molar-refractivity contribution in [3.05, 3.63) is 56.9 Å². The van der Waals surface area contributed by atoms with Crippen LogP contribution in [0.25, 0.3) is 10.6 Å². The van der Waals surface area contributed by atoms with Crippen molar-refractivity contribution < 1.29 is 23.9 Å². The van der Waals surface area contributed by atoms with Gasteiger partial charge in [-0.25, -0.2) is 9.78 Å². The van der Waals surface area contributed by atoms with E-state index in [1.807, 2.05) is 30.3 Å². The summed E-state index contributed by atoms with van der Waals surface area (Å²) >= 11 is 2.59. The molecule has 160 valence electrons. The smallest absolute Gasteiger partial charge is 0.341 e. The van der Waals surface area contributed by atoms with Crippen LogP contribution in [0.15, 0.2) is 30.3 Å². The molecule has 1 N–H and O–H groups in total. The van der Waals surface area contributed by atoms with Crippen LogP contribution in [0.3, 0.4) is 0 Å². The van der Waals surface area contributed by atoms with E-state index in [1.54, 1.807) is 6.92 Å². The molecule has 0 aliphatic heterocycles. The maximum absolute atomic E-state index is 13.1. The molecule has 0 saturated carbocycles. The van der Waals surface area contributed by atoms with Crippen molar-refractivity contribution >= 4 is 45.5 Å². The molecule has 1 aromatic carbocycles. The Kier molecular flexibility index (Phi) is 5.88. The number of benzene rings is 1. The largest absolute Gasteiger partial charge is 0.469 e. The van der Waals surface area contributed by atoms with Gasteiger partial charge in [-0.15, -0.1) is 22.7 Å². The molecular weight excluding hydrogens is 436 g/mol. The van der Waals surface area contributed by atoms with Gasteiger partial charge in [-0.1, -0.05) is 30.3 Å². The van der Waals surface area contributed by atoms with Crippen molar-refractivity contribution in [1.82, 2.24) is 4.98 Å². The number of anilines is 1. The topological polar surface area (TPSA) is 94.6 Å². The third-order valence-corrected chi connectivity index (χ3v) is 7.54. The molecule has 7 nitrogen and oxygen atoms in total. The van der Waals surface area contributed by atoms with Gasteiger partial charge >= 0.3 is 11.9 Å². The number of thiazole rings is 1. The molecule has 1 aliphatic carbocycles. The predicted molar refractivity (Wildman–Crippen MR) is 119 cm³/mol. The van der Waals surface area contributed by atoms with Crippen LogP contribution in [-0.2, 0) is 20.7 Å². The van der Waals surface area contributed by atoms with Crippen molar-refractivity contribution in [2.45, 2.75) is 25.7 Å². The molecule has 2 aromatic heterocycles. The molecule has 31 heavy (non-hydrogen) atoms. The molecule has 0 radical (unpaired) electrons. The Morgan fingerprint density at radius 2 is 1.84 bits per heavy atom. The SMILES string of the molecule is COC(=O)c1c(NC(=O)c2sc(-c3ccccc3)nc2C)sc2c1[C@H](C(=O)OC)CC2. The van der Waals surface area contributed by atoms with Gasteiger partial charge < -0.3 is 14.8 Å². The predicted octanol–water partition coefficient (Wildman–Crippen LogP) is 4.42. The highest BCUT2D eigenvalue weighted by atomic mass is 32.1. The van der Waals surface area contributed by atoms with E-state index in [1.165, 1.54) is 36.9 Å². The lowest BCUT2D eigenvalue weighted by atomic mass is 9.99. The van der Waals surface area contributed by atoms with Crippen LogP contribution in [0.4, 0.5) is 5.00 Å². The highest BCUT2D eigenvalue weighted by Gasteiger charge is 2.38. The number of thiophene rings is 1. The Balaban J connectivity index is 1.68. The number of nitrogens with zero attached hydrogens (tertiary/aromatic N) is 1. The van der Waals surface area contributed by atoms with Crippen molar-refractivity contribution in [3.63, 3.8) is 0 Å². The van der Waals surface area contributed by atoms with E-state index in [2.05, 4.69) is 10.3 Å². The minimum absolute atomic E-state index is 0.231. The number of carbonyl (C=O) groups is 3. The standard InChI is InChI=1S/C22H20N2O5S2/c1-11-17(31-19(23-11)12-7-5-4-6-8-12)18(25)24-20-16(22(27)29-3)15-13(21(26)28-2)9-10-14(15)30-20/h4-8,13H,9-10H2,1-3H3,(H,24,25)/t13-/m1/s1. The number of amides is 1. The van der Waals surface area contributed by atoms with Gasteiger partial charge in [0.1, 0.15) is 14.9 Å². The van der Waals surface area contributed by atoms with Crippen LogP contribution in [0.1, 0.15) is 48.5 Å². The number of ether oxygens (including phenoxy) is 2. The van der Waals surface area contributed by atoms with E-state index in [4.69, 9.17) is 9.47 Å². The number of methoxy groups -OCH3 is 2. The van der Waals surface area contributed by atoms with Gasteiger partial charge in [0.2, 0.25) is 0 Å². The molecule has 0 spiro atoms. The lowest BCUT2D eigenvalue weighted by molar-refractivity contribution is -0.142. The molecule has 0 unspecified atom stereocenters. The Bertz CT molecular complexity index is 1170. The van der Waals surface area contributed by atoms with E-state index < -0.39 is 17.9 Å².